The van der Waals surface area contributed by atoms with Gasteiger partial charge in [0.2, 0.25) is 0 Å². The summed E-state index contributed by atoms with van der Waals surface area (Å²) in [6.45, 7) is 27.0. The summed E-state index contributed by atoms with van der Waals surface area (Å²) in [7, 11) is 0. The van der Waals surface area contributed by atoms with Gasteiger partial charge in [-0.1, -0.05) is 174 Å². The van der Waals surface area contributed by atoms with Crippen LogP contribution in [0.4, 0.5) is 30.7 Å². The summed E-state index contributed by atoms with van der Waals surface area (Å²) < 4.78 is 82.8. The molecule has 0 radical (unpaired) electrons. The van der Waals surface area contributed by atoms with Gasteiger partial charge in [0.25, 0.3) is 0 Å². The van der Waals surface area contributed by atoms with Crippen molar-refractivity contribution in [3.63, 3.8) is 0 Å². The van der Waals surface area contributed by atoms with E-state index in [0.717, 1.165) is 64.0 Å². The molecule has 3 aliphatic rings. The van der Waals surface area contributed by atoms with Crippen LogP contribution in [0.1, 0.15) is 156 Å². The smallest absolute Gasteiger partial charge is 0.250 e. The lowest BCUT2D eigenvalue weighted by molar-refractivity contribution is -0.191. The summed E-state index contributed by atoms with van der Waals surface area (Å²) >= 11 is 9.73. The molecular formula is C67H89BrClF7O2S. The molecule has 0 aliphatic heterocycles. The quantitative estimate of drug-likeness (QED) is 0.0951. The molecule has 1 unspecified atom stereocenters. The molecule has 438 valence electrons. The highest BCUT2D eigenvalue weighted by atomic mass is 79.9. The maximum atomic E-state index is 12.7. The first-order valence-electron chi connectivity index (χ1n) is 26.7. The van der Waals surface area contributed by atoms with Crippen LogP contribution in [0.5, 0.6) is 0 Å². The lowest BCUT2D eigenvalue weighted by atomic mass is 9.46. The molecule has 2 fully saturated rings. The Balaban J connectivity index is 0. The van der Waals surface area contributed by atoms with E-state index in [9.17, 15) is 30.7 Å². The van der Waals surface area contributed by atoms with Gasteiger partial charge in [-0.2, -0.15) is 9.59 Å². The second-order valence-electron chi connectivity index (χ2n) is 21.7. The van der Waals surface area contributed by atoms with Crippen LogP contribution in [0.15, 0.2) is 163 Å². The van der Waals surface area contributed by atoms with Crippen LogP contribution in [0, 0.1) is 46.3 Å². The number of carbonyl (C=O) groups excluding carboxylic acids is 2. The normalized spacial score (nSPS) is 20.1. The van der Waals surface area contributed by atoms with Crippen LogP contribution >= 0.6 is 38.9 Å². The van der Waals surface area contributed by atoms with Gasteiger partial charge in [0, 0.05) is 9.17 Å². The fraction of sp³-hybridized carbons (Fsp3) is 0.448. The van der Waals surface area contributed by atoms with Crippen LogP contribution < -0.4 is 0 Å². The third-order valence-electron chi connectivity index (χ3n) is 13.6. The van der Waals surface area contributed by atoms with Crippen molar-refractivity contribution in [1.82, 2.24) is 0 Å². The molecule has 3 aliphatic carbocycles. The Morgan fingerprint density at radius 2 is 1.34 bits per heavy atom. The molecule has 1 aromatic heterocycles. The summed E-state index contributed by atoms with van der Waals surface area (Å²) in [5, 5.41) is 3.08. The molecule has 0 spiro atoms. The molecule has 1 heterocycles. The van der Waals surface area contributed by atoms with Gasteiger partial charge in [-0.3, -0.25) is 0 Å². The van der Waals surface area contributed by atoms with Gasteiger partial charge in [-0.25, -0.2) is 30.7 Å². The van der Waals surface area contributed by atoms with E-state index in [-0.39, 0.29) is 17.4 Å². The van der Waals surface area contributed by atoms with E-state index >= 15 is 0 Å². The number of hydrogen-bond acceptors (Lipinski definition) is 3. The van der Waals surface area contributed by atoms with Crippen molar-refractivity contribution in [3.05, 3.63) is 185 Å². The average molecular weight is 1210 g/mol. The summed E-state index contributed by atoms with van der Waals surface area (Å²) in [4.78, 5) is 16.2. The fourth-order valence-electron chi connectivity index (χ4n) is 9.81. The molecule has 0 amide bonds. The molecule has 5 atom stereocenters. The number of fused-ring (bicyclic) bond motifs is 4. The second kappa shape index (κ2) is 43.9. The topological polar surface area (TPSA) is 34.1 Å². The molecule has 0 bridgehead atoms. The monoisotopic (exact) mass is 1200 g/mol. The zero-order valence-corrected chi connectivity index (χ0v) is 51.8. The standard InChI is InChI=1S/C20H31F.C11H21F.C10H7FS.C9H9F.C8H6BrF.C3H5F.C3H6.C2H4ClF.CO2/c1-18(2)9-5-10-20(4)16-8-11-19(3,12-13-21)14-15(16)6-7-17(18)20;1-10(7-9-12)6-5-8-11(2,3)4;11-6-5-8-7-12-10-4-2-1-3-9(8)10;1-8-2-4-9(5-3-8)6-7-10;9-8-3-1-7(2-4-8)5-6-10;1-2-3-4;1-3-2;3-1-2-4;2-1-3/h6,12-13,16-17H,5,7-11,14H2,1-4H3;7,9-10H,5-6,8H2,1-4H3;1-7H;2-7H,1H3;1-6H;2-3H,1H3;3H,1H2,2H3;1-2H2;/b13-12+;9-7+;6-5+;7-6+;6-5+;3-2+;;;/t16-,17-,19+,20+;;;;;;;;/m0......../s1. The number of halogens is 9. The Labute approximate surface area is 488 Å². The highest BCUT2D eigenvalue weighted by Crippen LogP contribution is 2.63. The fourth-order valence-corrected chi connectivity index (χ4v) is 11.0. The first-order chi connectivity index (χ1) is 37.5. The van der Waals surface area contributed by atoms with Gasteiger partial charge < -0.3 is 0 Å². The minimum atomic E-state index is -0.415. The number of benzene rings is 3. The van der Waals surface area contributed by atoms with E-state index in [2.05, 4.69) is 84.0 Å². The third-order valence-corrected chi connectivity index (χ3v) is 15.3. The summed E-state index contributed by atoms with van der Waals surface area (Å²) in [5.41, 5.74) is 6.97. The molecule has 0 saturated heterocycles. The Hall–Kier alpha value is -4.80. The lowest BCUT2D eigenvalue weighted by Crippen LogP contribution is -2.50. The van der Waals surface area contributed by atoms with E-state index in [1.54, 1.807) is 42.1 Å². The van der Waals surface area contributed by atoms with Crippen molar-refractivity contribution in [2.24, 2.45) is 39.4 Å². The average Bonchev–Trinajstić information content (AvgIpc) is 3.88. The summed E-state index contributed by atoms with van der Waals surface area (Å²) in [5.74, 6) is 2.09. The number of rotatable bonds is 9. The number of thiophene rings is 1. The number of aryl methyl sites for hydroxylation is 1. The second-order valence-corrected chi connectivity index (χ2v) is 23.9. The zero-order chi connectivity index (χ0) is 60.3. The SMILES string of the molecule is C/C=C/F.C=CC.CC(/C=C/F)CCCC(C)(C)C.CC1(C)CCC[C@]2(C)[C@H]3CC[C@](C)(/C=C/F)CC3=CC[C@@H]12.Cc1ccc(/C=C/F)cc1.F/C=C/c1ccc(Br)cc1.F/C=C/c1csc2ccccc12.FCCCl.O=C=O. The summed E-state index contributed by atoms with van der Waals surface area (Å²) in [6, 6.07) is 23.1. The van der Waals surface area contributed by atoms with Crippen LogP contribution in [-0.4, -0.2) is 18.7 Å². The van der Waals surface area contributed by atoms with Crippen molar-refractivity contribution in [3.8, 4) is 0 Å². The van der Waals surface area contributed by atoms with Gasteiger partial charge in [0.15, 0.2) is 0 Å². The molecule has 7 rings (SSSR count). The number of alkyl halides is 2. The van der Waals surface area contributed by atoms with Gasteiger partial charge >= 0.3 is 6.15 Å². The number of allylic oxidation sites excluding steroid dienone is 6. The Morgan fingerprint density at radius 3 is 1.82 bits per heavy atom. The van der Waals surface area contributed by atoms with Gasteiger partial charge in [0.1, 0.15) is 6.67 Å². The van der Waals surface area contributed by atoms with Gasteiger partial charge in [-0.15, -0.1) is 29.5 Å². The first-order valence-corrected chi connectivity index (χ1v) is 28.9. The predicted octanol–water partition coefficient (Wildman–Crippen LogP) is 24.2. The Morgan fingerprint density at radius 1 is 0.810 bits per heavy atom. The van der Waals surface area contributed by atoms with Gasteiger partial charge in [-0.05, 0) is 182 Å². The minimum absolute atomic E-state index is 0.0461. The van der Waals surface area contributed by atoms with Gasteiger partial charge in [0.05, 0.1) is 43.9 Å². The molecular weight excluding hydrogens is 1120 g/mol. The molecule has 2 saturated carbocycles. The molecule has 2 nitrogen and oxygen atoms in total. The largest absolute Gasteiger partial charge is 0.373 e. The van der Waals surface area contributed by atoms with Crippen molar-refractivity contribution in [2.45, 2.75) is 140 Å². The highest BCUT2D eigenvalue weighted by Gasteiger charge is 2.54. The highest BCUT2D eigenvalue weighted by molar-refractivity contribution is 9.10. The zero-order valence-electron chi connectivity index (χ0n) is 48.6. The minimum Gasteiger partial charge on any atom is -0.250 e. The van der Waals surface area contributed by atoms with E-state index in [4.69, 9.17) is 21.2 Å². The Bertz CT molecular complexity index is 2400. The third kappa shape index (κ3) is 32.9. The molecule has 4 aromatic rings. The maximum absolute atomic E-state index is 12.7. The van der Waals surface area contributed by atoms with E-state index in [0.29, 0.717) is 53.8 Å². The predicted molar refractivity (Wildman–Crippen MR) is 331 cm³/mol. The summed E-state index contributed by atoms with van der Waals surface area (Å²) in [6.07, 6.45) is 29.5. The molecule has 12 heteroatoms. The van der Waals surface area contributed by atoms with Crippen molar-refractivity contribution in [2.75, 3.05) is 12.6 Å². The molecule has 79 heavy (non-hydrogen) atoms. The van der Waals surface area contributed by atoms with E-state index in [1.807, 2.05) is 92.0 Å². The van der Waals surface area contributed by atoms with E-state index < -0.39 is 6.67 Å². The maximum Gasteiger partial charge on any atom is 0.373 e. The van der Waals surface area contributed by atoms with Crippen molar-refractivity contribution >= 4 is 73.3 Å². The number of hydrogen-bond donors (Lipinski definition) is 0. The van der Waals surface area contributed by atoms with Crippen molar-refractivity contribution in [1.29, 1.82) is 0 Å². The van der Waals surface area contributed by atoms with Crippen LogP contribution in [0.3, 0.4) is 0 Å². The Kier molecular flexibility index (Phi) is 42.4. The first kappa shape index (κ1) is 76.3. The van der Waals surface area contributed by atoms with Crippen LogP contribution in [0.25, 0.3) is 28.3 Å². The molecule has 3 aromatic carbocycles. The lowest BCUT2D eigenvalue weighted by Gasteiger charge is -2.59. The van der Waals surface area contributed by atoms with Crippen molar-refractivity contribution < 1.29 is 40.3 Å². The van der Waals surface area contributed by atoms with Crippen LogP contribution in [-0.2, 0) is 9.59 Å². The molecule has 0 N–H and O–H groups in total. The van der Waals surface area contributed by atoms with E-state index in [1.165, 1.54) is 79.5 Å². The van der Waals surface area contributed by atoms with Crippen LogP contribution in [0.2, 0.25) is 0 Å².